The molecule has 2 fully saturated rings. The second kappa shape index (κ2) is 3.02. The van der Waals surface area contributed by atoms with Gasteiger partial charge < -0.3 is 4.90 Å². The number of rotatable bonds is 1. The van der Waals surface area contributed by atoms with Crippen molar-refractivity contribution in [1.82, 2.24) is 4.90 Å². The van der Waals surface area contributed by atoms with Crippen molar-refractivity contribution in [3.63, 3.8) is 0 Å². The molecule has 70 valence electrons. The normalized spacial score (nSPS) is 42.5. The molecule has 0 radical (unpaired) electrons. The zero-order chi connectivity index (χ0) is 8.72. The van der Waals surface area contributed by atoms with Crippen LogP contribution in [0, 0.1) is 23.7 Å². The highest BCUT2D eigenvalue weighted by Gasteiger charge is 2.41. The van der Waals surface area contributed by atoms with Gasteiger partial charge in [-0.05, 0) is 43.6 Å². The topological polar surface area (TPSA) is 3.24 Å². The largest absolute Gasteiger partial charge is 0.306 e. The number of piperidine rings is 1. The lowest BCUT2D eigenvalue weighted by molar-refractivity contribution is 0.100. The van der Waals surface area contributed by atoms with Gasteiger partial charge in [-0.3, -0.25) is 0 Å². The van der Waals surface area contributed by atoms with E-state index in [-0.39, 0.29) is 0 Å². The third-order valence-electron chi connectivity index (χ3n) is 3.86. The van der Waals surface area contributed by atoms with E-state index in [0.717, 1.165) is 23.7 Å². The molecule has 2 aliphatic rings. The zero-order valence-corrected chi connectivity index (χ0v) is 8.59. The van der Waals surface area contributed by atoms with Crippen LogP contribution in [0.4, 0.5) is 0 Å². The maximum absolute atomic E-state index is 2.53. The number of hydrogen-bond acceptors (Lipinski definition) is 1. The maximum Gasteiger partial charge on any atom is 0.000958 e. The molecule has 1 saturated carbocycles. The van der Waals surface area contributed by atoms with Crippen molar-refractivity contribution in [3.05, 3.63) is 0 Å². The summed E-state index contributed by atoms with van der Waals surface area (Å²) in [6, 6.07) is 0. The molecule has 3 atom stereocenters. The van der Waals surface area contributed by atoms with E-state index in [1.165, 1.54) is 25.9 Å². The molecular formula is C11H21N. The van der Waals surface area contributed by atoms with Gasteiger partial charge in [0, 0.05) is 13.1 Å². The Morgan fingerprint density at radius 3 is 2.00 bits per heavy atom. The van der Waals surface area contributed by atoms with Gasteiger partial charge in [-0.2, -0.15) is 0 Å². The molecule has 0 aromatic rings. The summed E-state index contributed by atoms with van der Waals surface area (Å²) in [6.45, 7) is 7.53. The molecule has 2 bridgehead atoms. The van der Waals surface area contributed by atoms with E-state index in [0.29, 0.717) is 0 Å². The number of fused-ring (bicyclic) bond motifs is 2. The Kier molecular flexibility index (Phi) is 2.16. The molecule has 1 aliphatic carbocycles. The highest BCUT2D eigenvalue weighted by atomic mass is 15.1. The summed E-state index contributed by atoms with van der Waals surface area (Å²) >= 11 is 0. The minimum Gasteiger partial charge on any atom is -0.306 e. The van der Waals surface area contributed by atoms with E-state index in [2.05, 4.69) is 25.8 Å². The van der Waals surface area contributed by atoms with Gasteiger partial charge in [0.1, 0.15) is 0 Å². The average molecular weight is 167 g/mol. The van der Waals surface area contributed by atoms with Gasteiger partial charge in [0.2, 0.25) is 0 Å². The second-order valence-electron chi connectivity index (χ2n) is 5.14. The summed E-state index contributed by atoms with van der Waals surface area (Å²) in [7, 11) is 2.28. The van der Waals surface area contributed by atoms with Crippen molar-refractivity contribution in [2.45, 2.75) is 26.7 Å². The number of hydrogen-bond donors (Lipinski definition) is 0. The molecule has 0 amide bonds. The molecular weight excluding hydrogens is 146 g/mol. The minimum atomic E-state index is 0.913. The van der Waals surface area contributed by atoms with Crippen molar-refractivity contribution in [2.24, 2.45) is 23.7 Å². The Morgan fingerprint density at radius 2 is 1.58 bits per heavy atom. The first-order valence-corrected chi connectivity index (χ1v) is 5.37. The van der Waals surface area contributed by atoms with E-state index in [1.54, 1.807) is 0 Å². The van der Waals surface area contributed by atoms with Crippen LogP contribution >= 0.6 is 0 Å². The van der Waals surface area contributed by atoms with Crippen LogP contribution in [0.3, 0.4) is 0 Å². The predicted molar refractivity (Wildman–Crippen MR) is 52.0 cm³/mol. The highest BCUT2D eigenvalue weighted by Crippen LogP contribution is 2.45. The van der Waals surface area contributed by atoms with E-state index in [9.17, 15) is 0 Å². The summed E-state index contributed by atoms with van der Waals surface area (Å²) in [5.74, 6) is 4.00. The van der Waals surface area contributed by atoms with E-state index in [4.69, 9.17) is 0 Å². The molecule has 1 saturated heterocycles. The highest BCUT2D eigenvalue weighted by molar-refractivity contribution is 4.92. The van der Waals surface area contributed by atoms with Gasteiger partial charge in [-0.1, -0.05) is 13.8 Å². The van der Waals surface area contributed by atoms with Gasteiger partial charge in [0.15, 0.2) is 0 Å². The molecule has 0 aromatic heterocycles. The van der Waals surface area contributed by atoms with Crippen molar-refractivity contribution in [3.8, 4) is 0 Å². The Bertz CT molecular complexity index is 150. The fourth-order valence-corrected chi connectivity index (χ4v) is 3.59. The van der Waals surface area contributed by atoms with E-state index >= 15 is 0 Å². The van der Waals surface area contributed by atoms with Gasteiger partial charge in [-0.15, -0.1) is 0 Å². The first kappa shape index (κ1) is 8.55. The third kappa shape index (κ3) is 1.28. The third-order valence-corrected chi connectivity index (χ3v) is 3.86. The van der Waals surface area contributed by atoms with Crippen molar-refractivity contribution in [2.75, 3.05) is 20.1 Å². The van der Waals surface area contributed by atoms with Crippen LogP contribution in [0.2, 0.25) is 0 Å². The number of likely N-dealkylation sites (tertiary alicyclic amines) is 1. The molecule has 1 aliphatic heterocycles. The molecule has 1 heteroatoms. The monoisotopic (exact) mass is 167 g/mol. The summed E-state index contributed by atoms with van der Waals surface area (Å²) in [5.41, 5.74) is 0. The van der Waals surface area contributed by atoms with E-state index in [1.807, 2.05) is 0 Å². The summed E-state index contributed by atoms with van der Waals surface area (Å²) < 4.78 is 0. The molecule has 0 N–H and O–H groups in total. The lowest BCUT2D eigenvalue weighted by Crippen LogP contribution is -2.41. The molecule has 0 spiro atoms. The van der Waals surface area contributed by atoms with E-state index < -0.39 is 0 Å². The van der Waals surface area contributed by atoms with Gasteiger partial charge in [0.25, 0.3) is 0 Å². The van der Waals surface area contributed by atoms with Crippen LogP contribution in [0.5, 0.6) is 0 Å². The van der Waals surface area contributed by atoms with Crippen molar-refractivity contribution in [1.29, 1.82) is 0 Å². The van der Waals surface area contributed by atoms with Crippen molar-refractivity contribution >= 4 is 0 Å². The van der Waals surface area contributed by atoms with Crippen LogP contribution in [-0.4, -0.2) is 25.0 Å². The second-order valence-corrected chi connectivity index (χ2v) is 5.14. The molecule has 2 rings (SSSR count). The minimum absolute atomic E-state index is 0.913. The smallest absolute Gasteiger partial charge is 0.000958 e. The van der Waals surface area contributed by atoms with Crippen LogP contribution < -0.4 is 0 Å². The molecule has 0 aromatic carbocycles. The standard InChI is InChI=1S/C11H21N/c1-8(2)11-9-4-5-10(11)7-12(3)6-9/h8-11H,4-7H2,1-3H3/t9-,10+,11?. The van der Waals surface area contributed by atoms with Crippen LogP contribution in [0.15, 0.2) is 0 Å². The van der Waals surface area contributed by atoms with Crippen LogP contribution in [0.25, 0.3) is 0 Å². The van der Waals surface area contributed by atoms with Crippen LogP contribution in [-0.2, 0) is 0 Å². The lowest BCUT2D eigenvalue weighted by atomic mass is 9.78. The SMILES string of the molecule is CC(C)C1[C@@H]2CC[C@H]1CN(C)C2. The fourth-order valence-electron chi connectivity index (χ4n) is 3.59. The first-order valence-electron chi connectivity index (χ1n) is 5.37. The van der Waals surface area contributed by atoms with Crippen LogP contribution in [0.1, 0.15) is 26.7 Å². The summed E-state index contributed by atoms with van der Waals surface area (Å²) in [6.07, 6.45) is 3.00. The summed E-state index contributed by atoms with van der Waals surface area (Å²) in [4.78, 5) is 2.53. The maximum atomic E-state index is 2.53. The zero-order valence-electron chi connectivity index (χ0n) is 8.59. The van der Waals surface area contributed by atoms with Gasteiger partial charge in [-0.25, -0.2) is 0 Å². The quantitative estimate of drug-likeness (QED) is 0.579. The number of nitrogens with zero attached hydrogens (tertiary/aromatic N) is 1. The molecule has 1 heterocycles. The summed E-state index contributed by atoms with van der Waals surface area (Å²) in [5, 5.41) is 0. The Labute approximate surface area is 76.1 Å². The predicted octanol–water partition coefficient (Wildman–Crippen LogP) is 2.23. The molecule has 1 nitrogen and oxygen atoms in total. The average Bonchev–Trinajstić information content (AvgIpc) is 2.24. The Hall–Kier alpha value is -0.0400. The molecule has 12 heavy (non-hydrogen) atoms. The fraction of sp³-hybridized carbons (Fsp3) is 1.00. The Balaban J connectivity index is 2.09. The van der Waals surface area contributed by atoms with Gasteiger partial charge >= 0.3 is 0 Å². The van der Waals surface area contributed by atoms with Crippen molar-refractivity contribution < 1.29 is 0 Å². The lowest BCUT2D eigenvalue weighted by Gasteiger charge is -2.38. The first-order chi connectivity index (χ1) is 5.68. The van der Waals surface area contributed by atoms with Gasteiger partial charge in [0.05, 0.1) is 0 Å². The molecule has 1 unspecified atom stereocenters. The Morgan fingerprint density at radius 1 is 1.08 bits per heavy atom.